The van der Waals surface area contributed by atoms with Gasteiger partial charge in [-0.1, -0.05) is 32.9 Å². The molecule has 16 heavy (non-hydrogen) atoms. The second-order valence-corrected chi connectivity index (χ2v) is 6.54. The van der Waals surface area contributed by atoms with Crippen LogP contribution < -0.4 is 5.73 Å². The molecule has 0 saturated heterocycles. The van der Waals surface area contributed by atoms with E-state index in [-0.39, 0.29) is 5.41 Å². The summed E-state index contributed by atoms with van der Waals surface area (Å²) in [6.45, 7) is 7.12. The third-order valence-corrected chi connectivity index (χ3v) is 3.97. The van der Waals surface area contributed by atoms with Crippen LogP contribution in [0.1, 0.15) is 32.8 Å². The van der Waals surface area contributed by atoms with Gasteiger partial charge in [0.25, 0.3) is 0 Å². The molecular weight excluding hydrogens is 218 g/mol. The van der Waals surface area contributed by atoms with Gasteiger partial charge < -0.3 is 5.73 Å². The highest BCUT2D eigenvalue weighted by Gasteiger charge is 2.13. The lowest BCUT2D eigenvalue weighted by molar-refractivity contribution is 0.589. The molecule has 0 aromatic heterocycles. The molecular formula is C13H21NOS. The molecule has 3 heteroatoms. The first-order chi connectivity index (χ1) is 7.45. The van der Waals surface area contributed by atoms with Crippen molar-refractivity contribution in [3.8, 4) is 0 Å². The highest BCUT2D eigenvalue weighted by molar-refractivity contribution is 7.85. The Kier molecular flexibility index (Phi) is 4.69. The predicted octanol–water partition coefficient (Wildman–Crippen LogP) is 2.44. The van der Waals surface area contributed by atoms with Gasteiger partial charge >= 0.3 is 0 Å². The quantitative estimate of drug-likeness (QED) is 0.877. The molecule has 0 amide bonds. The number of nitrogens with two attached hydrogens (primary N) is 1. The van der Waals surface area contributed by atoms with E-state index >= 15 is 0 Å². The van der Waals surface area contributed by atoms with E-state index in [0.29, 0.717) is 12.3 Å². The highest BCUT2D eigenvalue weighted by Crippen LogP contribution is 2.23. The van der Waals surface area contributed by atoms with Crippen LogP contribution in [0, 0.1) is 0 Å². The Morgan fingerprint density at radius 1 is 1.19 bits per heavy atom. The summed E-state index contributed by atoms with van der Waals surface area (Å²) in [7, 11) is -0.898. The fourth-order valence-electron chi connectivity index (χ4n) is 1.44. The van der Waals surface area contributed by atoms with Crippen molar-refractivity contribution in [3.05, 3.63) is 29.8 Å². The van der Waals surface area contributed by atoms with Crippen molar-refractivity contribution in [3.63, 3.8) is 0 Å². The minimum absolute atomic E-state index is 0.150. The third-order valence-electron chi connectivity index (χ3n) is 2.52. The van der Waals surface area contributed by atoms with Crippen LogP contribution >= 0.6 is 0 Å². The van der Waals surface area contributed by atoms with E-state index in [1.54, 1.807) is 0 Å². The number of rotatable bonds is 4. The molecule has 1 aromatic carbocycles. The molecule has 1 aromatic rings. The van der Waals surface area contributed by atoms with Crippen molar-refractivity contribution in [1.29, 1.82) is 0 Å². The highest BCUT2D eigenvalue weighted by atomic mass is 32.2. The number of benzene rings is 1. The van der Waals surface area contributed by atoms with E-state index in [9.17, 15) is 4.21 Å². The van der Waals surface area contributed by atoms with E-state index in [0.717, 1.165) is 11.3 Å². The topological polar surface area (TPSA) is 43.1 Å². The zero-order chi connectivity index (χ0) is 12.2. The molecule has 1 atom stereocenters. The van der Waals surface area contributed by atoms with Crippen LogP contribution in [0.5, 0.6) is 0 Å². The lowest BCUT2D eigenvalue weighted by Crippen LogP contribution is -2.11. The minimum atomic E-state index is -0.898. The Hall–Kier alpha value is -0.670. The molecule has 1 unspecified atom stereocenters. The van der Waals surface area contributed by atoms with Crippen molar-refractivity contribution >= 4 is 10.8 Å². The standard InChI is InChI=1S/C13H21NOS/c1-13(2,3)11-5-7-12(8-6-11)16(15)10-4-9-14/h5-8H,4,9-10,14H2,1-3H3. The van der Waals surface area contributed by atoms with Crippen molar-refractivity contribution in [1.82, 2.24) is 0 Å². The zero-order valence-electron chi connectivity index (χ0n) is 10.3. The monoisotopic (exact) mass is 239 g/mol. The van der Waals surface area contributed by atoms with Gasteiger partial charge in [-0.2, -0.15) is 0 Å². The van der Waals surface area contributed by atoms with E-state index in [1.807, 2.05) is 12.1 Å². The summed E-state index contributed by atoms with van der Waals surface area (Å²) >= 11 is 0. The Balaban J connectivity index is 2.75. The maximum absolute atomic E-state index is 11.8. The fourth-order valence-corrected chi connectivity index (χ4v) is 2.54. The normalized spacial score (nSPS) is 13.8. The van der Waals surface area contributed by atoms with E-state index < -0.39 is 10.8 Å². The van der Waals surface area contributed by atoms with Crippen molar-refractivity contribution in [2.45, 2.75) is 37.5 Å². The summed E-state index contributed by atoms with van der Waals surface area (Å²) in [4.78, 5) is 0.904. The van der Waals surface area contributed by atoms with Crippen LogP contribution in [0.2, 0.25) is 0 Å². The molecule has 1 rings (SSSR count). The van der Waals surface area contributed by atoms with Crippen molar-refractivity contribution in [2.75, 3.05) is 12.3 Å². The first kappa shape index (κ1) is 13.4. The summed E-state index contributed by atoms with van der Waals surface area (Å²) < 4.78 is 11.8. The molecule has 0 saturated carbocycles. The maximum atomic E-state index is 11.8. The first-order valence-electron chi connectivity index (χ1n) is 5.64. The Labute approximate surface area is 101 Å². The molecule has 0 fully saturated rings. The van der Waals surface area contributed by atoms with Gasteiger partial charge in [-0.3, -0.25) is 4.21 Å². The smallest absolute Gasteiger partial charge is 0.0529 e. The van der Waals surface area contributed by atoms with Gasteiger partial charge in [0.15, 0.2) is 0 Å². The molecule has 0 aliphatic carbocycles. The molecule has 0 bridgehead atoms. The molecule has 0 aliphatic heterocycles. The van der Waals surface area contributed by atoms with Crippen LogP contribution in [-0.2, 0) is 16.2 Å². The van der Waals surface area contributed by atoms with E-state index in [4.69, 9.17) is 5.73 Å². The molecule has 2 N–H and O–H groups in total. The van der Waals surface area contributed by atoms with Gasteiger partial charge in [0.2, 0.25) is 0 Å². The SMILES string of the molecule is CC(C)(C)c1ccc(S(=O)CCCN)cc1. The van der Waals surface area contributed by atoms with Gasteiger partial charge in [-0.05, 0) is 36.1 Å². The summed E-state index contributed by atoms with van der Waals surface area (Å²) in [5.74, 6) is 0.658. The summed E-state index contributed by atoms with van der Waals surface area (Å²) in [6, 6.07) is 8.06. The van der Waals surface area contributed by atoms with Crippen LogP contribution in [0.3, 0.4) is 0 Å². The molecule has 90 valence electrons. The van der Waals surface area contributed by atoms with Crippen molar-refractivity contribution in [2.24, 2.45) is 5.73 Å². The lowest BCUT2D eigenvalue weighted by atomic mass is 9.87. The van der Waals surface area contributed by atoms with E-state index in [1.165, 1.54) is 5.56 Å². The molecule has 0 radical (unpaired) electrons. The second kappa shape index (κ2) is 5.60. The average molecular weight is 239 g/mol. The second-order valence-electron chi connectivity index (χ2n) is 4.97. The summed E-state index contributed by atoms with van der Waals surface area (Å²) in [5, 5.41) is 0. The molecule has 2 nitrogen and oxygen atoms in total. The van der Waals surface area contributed by atoms with Crippen LogP contribution in [0.15, 0.2) is 29.2 Å². The van der Waals surface area contributed by atoms with Gasteiger partial charge in [0.1, 0.15) is 0 Å². The minimum Gasteiger partial charge on any atom is -0.330 e. The summed E-state index contributed by atoms with van der Waals surface area (Å²) in [6.07, 6.45) is 0.813. The molecule has 0 spiro atoms. The number of hydrogen-bond donors (Lipinski definition) is 1. The Morgan fingerprint density at radius 2 is 1.75 bits per heavy atom. The van der Waals surface area contributed by atoms with Crippen LogP contribution in [0.4, 0.5) is 0 Å². The Bertz CT molecular complexity index is 351. The first-order valence-corrected chi connectivity index (χ1v) is 6.96. The van der Waals surface area contributed by atoms with Crippen LogP contribution in [-0.4, -0.2) is 16.5 Å². The molecule has 0 heterocycles. The van der Waals surface area contributed by atoms with Gasteiger partial charge in [0, 0.05) is 10.6 Å². The van der Waals surface area contributed by atoms with Crippen molar-refractivity contribution < 1.29 is 4.21 Å². The average Bonchev–Trinajstić information content (AvgIpc) is 2.25. The zero-order valence-corrected chi connectivity index (χ0v) is 11.1. The lowest BCUT2D eigenvalue weighted by Gasteiger charge is -2.19. The Morgan fingerprint density at radius 3 is 2.19 bits per heavy atom. The fraction of sp³-hybridized carbons (Fsp3) is 0.538. The van der Waals surface area contributed by atoms with E-state index in [2.05, 4.69) is 32.9 Å². The van der Waals surface area contributed by atoms with Gasteiger partial charge in [0.05, 0.1) is 10.8 Å². The third kappa shape index (κ3) is 3.72. The van der Waals surface area contributed by atoms with Crippen LogP contribution in [0.25, 0.3) is 0 Å². The maximum Gasteiger partial charge on any atom is 0.0529 e. The largest absolute Gasteiger partial charge is 0.330 e. The predicted molar refractivity (Wildman–Crippen MR) is 70.1 cm³/mol. The van der Waals surface area contributed by atoms with Gasteiger partial charge in [-0.15, -0.1) is 0 Å². The molecule has 0 aliphatic rings. The summed E-state index contributed by atoms with van der Waals surface area (Å²) in [5.41, 5.74) is 6.82. The number of hydrogen-bond acceptors (Lipinski definition) is 2. The van der Waals surface area contributed by atoms with Gasteiger partial charge in [-0.25, -0.2) is 0 Å².